The number of hydrogen-bond acceptors (Lipinski definition) is 3. The maximum atomic E-state index is 13.0. The van der Waals surface area contributed by atoms with E-state index < -0.39 is 10.8 Å². The number of benzene rings is 2. The minimum Gasteiger partial charge on any atom is -0.455 e. The third kappa shape index (κ3) is 4.92. The molecule has 0 saturated heterocycles. The highest BCUT2D eigenvalue weighted by atomic mass is 32.2. The Morgan fingerprint density at radius 1 is 1.04 bits per heavy atom. The lowest BCUT2D eigenvalue weighted by atomic mass is 10.2. The van der Waals surface area contributed by atoms with E-state index in [1.165, 1.54) is 24.3 Å². The summed E-state index contributed by atoms with van der Waals surface area (Å²) in [6, 6.07) is 18.5. The van der Waals surface area contributed by atoms with Crippen molar-refractivity contribution in [3.63, 3.8) is 0 Å². The molecule has 1 heterocycles. The quantitative estimate of drug-likeness (QED) is 0.606. The van der Waals surface area contributed by atoms with E-state index in [9.17, 15) is 13.4 Å². The minimum atomic E-state index is -1.37. The maximum absolute atomic E-state index is 13.0. The molecule has 0 unspecified atom stereocenters. The van der Waals surface area contributed by atoms with Crippen LogP contribution in [0, 0.1) is 5.82 Å². The summed E-state index contributed by atoms with van der Waals surface area (Å²) in [5.41, 5.74) is 1.04. The Morgan fingerprint density at radius 2 is 1.74 bits per heavy atom. The second-order valence-electron chi connectivity index (χ2n) is 6.01. The number of furan rings is 1. The van der Waals surface area contributed by atoms with Crippen LogP contribution in [-0.4, -0.2) is 21.6 Å². The molecule has 1 aromatic heterocycles. The molecular formula is C21H20FNO3S. The van der Waals surface area contributed by atoms with Gasteiger partial charge in [-0.3, -0.25) is 9.00 Å². The van der Waals surface area contributed by atoms with Gasteiger partial charge >= 0.3 is 0 Å². The smallest absolute Gasteiger partial charge is 0.289 e. The van der Waals surface area contributed by atoms with E-state index in [-0.39, 0.29) is 23.2 Å². The molecule has 0 radical (unpaired) electrons. The van der Waals surface area contributed by atoms with Gasteiger partial charge in [-0.1, -0.05) is 30.3 Å². The Balaban J connectivity index is 1.67. The summed E-state index contributed by atoms with van der Waals surface area (Å²) in [6.45, 7) is 2.95. The van der Waals surface area contributed by atoms with Gasteiger partial charge in [0.2, 0.25) is 0 Å². The topological polar surface area (TPSA) is 50.5 Å². The first kappa shape index (κ1) is 19.0. The van der Waals surface area contributed by atoms with Gasteiger partial charge < -0.3 is 9.32 Å². The molecular weight excluding hydrogens is 365 g/mol. The van der Waals surface area contributed by atoms with Gasteiger partial charge in [-0.25, -0.2) is 4.39 Å². The summed E-state index contributed by atoms with van der Waals surface area (Å²) in [6.07, 6.45) is 0. The molecule has 0 saturated carbocycles. The number of amides is 1. The average Bonchev–Trinajstić information content (AvgIpc) is 3.15. The Kier molecular flexibility index (Phi) is 6.19. The van der Waals surface area contributed by atoms with Gasteiger partial charge in [0.15, 0.2) is 5.76 Å². The van der Waals surface area contributed by atoms with Crippen LogP contribution in [0.1, 0.15) is 28.8 Å². The van der Waals surface area contributed by atoms with Crippen LogP contribution in [0.2, 0.25) is 0 Å². The molecule has 0 N–H and O–H groups in total. The number of hydrogen-bond donors (Lipinski definition) is 0. The minimum absolute atomic E-state index is 0.129. The second kappa shape index (κ2) is 8.77. The normalized spacial score (nSPS) is 11.9. The van der Waals surface area contributed by atoms with E-state index in [4.69, 9.17) is 4.42 Å². The van der Waals surface area contributed by atoms with Crippen molar-refractivity contribution in [2.24, 2.45) is 0 Å². The molecule has 140 valence electrons. The highest BCUT2D eigenvalue weighted by Gasteiger charge is 2.19. The van der Waals surface area contributed by atoms with Crippen LogP contribution >= 0.6 is 0 Å². The SMILES string of the molecule is CCN(Cc1ccccc1)C(=O)c1ccc(C[S@@](=O)c2ccc(F)cc2)o1. The fraction of sp³-hybridized carbons (Fsp3) is 0.190. The lowest BCUT2D eigenvalue weighted by Crippen LogP contribution is -2.29. The molecule has 0 aliphatic heterocycles. The van der Waals surface area contributed by atoms with Crippen molar-refractivity contribution in [1.29, 1.82) is 0 Å². The van der Waals surface area contributed by atoms with Crippen LogP contribution < -0.4 is 0 Å². The zero-order chi connectivity index (χ0) is 19.2. The molecule has 0 fully saturated rings. The Labute approximate surface area is 160 Å². The van der Waals surface area contributed by atoms with Crippen molar-refractivity contribution in [3.05, 3.63) is 89.6 Å². The molecule has 3 rings (SSSR count). The summed E-state index contributed by atoms with van der Waals surface area (Å²) in [5.74, 6) is 0.222. The first-order valence-corrected chi connectivity index (χ1v) is 9.94. The van der Waals surface area contributed by atoms with E-state index in [1.54, 1.807) is 17.0 Å². The molecule has 27 heavy (non-hydrogen) atoms. The molecule has 3 aromatic rings. The van der Waals surface area contributed by atoms with Crippen LogP contribution in [0.25, 0.3) is 0 Å². The summed E-state index contributed by atoms with van der Waals surface area (Å²) in [7, 11) is -1.37. The first-order valence-electron chi connectivity index (χ1n) is 8.62. The number of carbonyl (C=O) groups is 1. The molecule has 0 aliphatic rings. The van der Waals surface area contributed by atoms with Gasteiger partial charge in [-0.2, -0.15) is 0 Å². The Hall–Kier alpha value is -2.73. The highest BCUT2D eigenvalue weighted by Crippen LogP contribution is 2.17. The third-order valence-corrected chi connectivity index (χ3v) is 5.45. The highest BCUT2D eigenvalue weighted by molar-refractivity contribution is 7.84. The third-order valence-electron chi connectivity index (χ3n) is 4.11. The van der Waals surface area contributed by atoms with Crippen LogP contribution in [0.3, 0.4) is 0 Å². The van der Waals surface area contributed by atoms with Gasteiger partial charge in [0, 0.05) is 18.0 Å². The maximum Gasteiger partial charge on any atom is 0.289 e. The van der Waals surface area contributed by atoms with Crippen molar-refractivity contribution < 1.29 is 17.8 Å². The fourth-order valence-corrected chi connectivity index (χ4v) is 3.68. The number of carbonyl (C=O) groups excluding carboxylic acids is 1. The number of halogens is 1. The monoisotopic (exact) mass is 385 g/mol. The standard InChI is InChI=1S/C21H20FNO3S/c1-2-23(14-16-6-4-3-5-7-16)21(24)20-13-10-18(26-20)15-27(25)19-11-8-17(22)9-12-19/h3-13H,2,14-15H2,1H3/t27-/m1/s1. The van der Waals surface area contributed by atoms with E-state index in [2.05, 4.69) is 0 Å². The summed E-state index contributed by atoms with van der Waals surface area (Å²) in [5, 5.41) is 0. The second-order valence-corrected chi connectivity index (χ2v) is 7.47. The molecule has 0 aliphatic carbocycles. The first-order chi connectivity index (χ1) is 13.1. The van der Waals surface area contributed by atoms with Crippen LogP contribution in [0.5, 0.6) is 0 Å². The number of rotatable bonds is 7. The van der Waals surface area contributed by atoms with E-state index in [0.29, 0.717) is 23.7 Å². The van der Waals surface area contributed by atoms with Crippen LogP contribution in [0.4, 0.5) is 4.39 Å². The number of nitrogens with zero attached hydrogens (tertiary/aromatic N) is 1. The van der Waals surface area contributed by atoms with E-state index >= 15 is 0 Å². The van der Waals surface area contributed by atoms with Gasteiger partial charge in [0.05, 0.1) is 16.6 Å². The zero-order valence-corrected chi connectivity index (χ0v) is 15.7. The zero-order valence-electron chi connectivity index (χ0n) is 14.9. The predicted molar refractivity (Wildman–Crippen MR) is 102 cm³/mol. The molecule has 0 bridgehead atoms. The molecule has 6 heteroatoms. The Morgan fingerprint density at radius 3 is 2.41 bits per heavy atom. The van der Waals surface area contributed by atoms with Crippen molar-refractivity contribution in [2.45, 2.75) is 24.1 Å². The van der Waals surface area contributed by atoms with Gasteiger partial charge in [0.25, 0.3) is 5.91 Å². The van der Waals surface area contributed by atoms with Crippen LogP contribution in [-0.2, 0) is 23.1 Å². The average molecular weight is 385 g/mol. The lowest BCUT2D eigenvalue weighted by molar-refractivity contribution is 0.0719. The molecule has 4 nitrogen and oxygen atoms in total. The van der Waals surface area contributed by atoms with Crippen molar-refractivity contribution in [2.75, 3.05) is 6.54 Å². The predicted octanol–water partition coefficient (Wildman–Crippen LogP) is 4.39. The van der Waals surface area contributed by atoms with Crippen molar-refractivity contribution >= 4 is 16.7 Å². The molecule has 2 aromatic carbocycles. The van der Waals surface area contributed by atoms with Gasteiger partial charge in [0.1, 0.15) is 11.6 Å². The van der Waals surface area contributed by atoms with Crippen molar-refractivity contribution in [1.82, 2.24) is 4.90 Å². The van der Waals surface area contributed by atoms with E-state index in [1.807, 2.05) is 37.3 Å². The summed E-state index contributed by atoms with van der Waals surface area (Å²) < 4.78 is 31.0. The van der Waals surface area contributed by atoms with Crippen molar-refractivity contribution in [3.8, 4) is 0 Å². The van der Waals surface area contributed by atoms with E-state index in [0.717, 1.165) is 5.56 Å². The summed E-state index contributed by atoms with van der Waals surface area (Å²) in [4.78, 5) is 14.9. The molecule has 1 amide bonds. The molecule has 0 spiro atoms. The molecule has 1 atom stereocenters. The van der Waals surface area contributed by atoms with Crippen LogP contribution in [0.15, 0.2) is 76.0 Å². The lowest BCUT2D eigenvalue weighted by Gasteiger charge is -2.19. The van der Waals surface area contributed by atoms with Gasteiger partial charge in [-0.15, -0.1) is 0 Å². The summed E-state index contributed by atoms with van der Waals surface area (Å²) >= 11 is 0. The fourth-order valence-electron chi connectivity index (χ4n) is 2.66. The Bertz CT molecular complexity index is 922. The largest absolute Gasteiger partial charge is 0.455 e. The van der Waals surface area contributed by atoms with Gasteiger partial charge in [-0.05, 0) is 48.9 Å².